The van der Waals surface area contributed by atoms with E-state index in [1.165, 1.54) is 22.4 Å². The van der Waals surface area contributed by atoms with Gasteiger partial charge in [0.05, 0.1) is 0 Å². The van der Waals surface area contributed by atoms with E-state index in [0.717, 1.165) is 0 Å². The third kappa shape index (κ3) is 2.50. The van der Waals surface area contributed by atoms with Gasteiger partial charge in [-0.2, -0.15) is 0 Å². The number of allylic oxidation sites excluding steroid dienone is 2. The Morgan fingerprint density at radius 3 is 2.13 bits per heavy atom. The summed E-state index contributed by atoms with van der Waals surface area (Å²) in [5.41, 5.74) is 5.12. The molecular formula is C14H19N. The highest BCUT2D eigenvalue weighted by Crippen LogP contribution is 2.24. The lowest BCUT2D eigenvalue weighted by molar-refractivity contribution is 0.591. The minimum atomic E-state index is 1.21. The first-order chi connectivity index (χ1) is 7.07. The third-order valence-corrected chi connectivity index (χ3v) is 2.49. The number of hydrogen-bond acceptors (Lipinski definition) is 1. The highest BCUT2D eigenvalue weighted by molar-refractivity contribution is 5.70. The second kappa shape index (κ2) is 4.83. The Balaban J connectivity index is 3.35. The highest BCUT2D eigenvalue weighted by atomic mass is 15.1. The zero-order valence-electron chi connectivity index (χ0n) is 10.0. The van der Waals surface area contributed by atoms with Crippen molar-refractivity contribution in [1.82, 2.24) is 4.90 Å². The van der Waals surface area contributed by atoms with Crippen molar-refractivity contribution in [2.45, 2.75) is 13.8 Å². The van der Waals surface area contributed by atoms with Gasteiger partial charge in [0.1, 0.15) is 0 Å². The minimum absolute atomic E-state index is 1.21. The summed E-state index contributed by atoms with van der Waals surface area (Å²) >= 11 is 0. The van der Waals surface area contributed by atoms with Crippen LogP contribution in [0.4, 0.5) is 0 Å². The molecule has 0 fully saturated rings. The molecule has 0 aromatic heterocycles. The number of benzene rings is 1. The smallest absolute Gasteiger partial charge is 0.0439 e. The van der Waals surface area contributed by atoms with Crippen molar-refractivity contribution < 1.29 is 0 Å². The molecule has 0 aliphatic rings. The lowest BCUT2D eigenvalue weighted by atomic mass is 9.99. The van der Waals surface area contributed by atoms with Gasteiger partial charge >= 0.3 is 0 Å². The molecule has 1 nitrogen and oxygen atoms in total. The van der Waals surface area contributed by atoms with Crippen molar-refractivity contribution >= 4 is 5.70 Å². The molecule has 0 unspecified atom stereocenters. The molecular weight excluding hydrogens is 182 g/mol. The molecule has 1 heteroatoms. The van der Waals surface area contributed by atoms with Crippen molar-refractivity contribution in [3.8, 4) is 0 Å². The molecule has 0 saturated carbocycles. The van der Waals surface area contributed by atoms with Crippen molar-refractivity contribution in [2.75, 3.05) is 14.1 Å². The Labute approximate surface area is 92.7 Å². The maximum Gasteiger partial charge on any atom is 0.0439 e. The molecule has 0 bridgehead atoms. The van der Waals surface area contributed by atoms with Crippen molar-refractivity contribution in [3.05, 3.63) is 53.6 Å². The topological polar surface area (TPSA) is 3.24 Å². The largest absolute Gasteiger partial charge is 0.377 e. The predicted molar refractivity (Wildman–Crippen MR) is 67.8 cm³/mol. The van der Waals surface area contributed by atoms with E-state index >= 15 is 0 Å². The zero-order valence-corrected chi connectivity index (χ0v) is 10.0. The van der Waals surface area contributed by atoms with E-state index in [1.807, 2.05) is 6.08 Å². The van der Waals surface area contributed by atoms with Crippen molar-refractivity contribution in [2.24, 2.45) is 0 Å². The molecule has 1 aromatic carbocycles. The van der Waals surface area contributed by atoms with E-state index < -0.39 is 0 Å². The fourth-order valence-electron chi connectivity index (χ4n) is 1.79. The van der Waals surface area contributed by atoms with E-state index in [1.54, 1.807) is 0 Å². The molecule has 0 heterocycles. The van der Waals surface area contributed by atoms with Crippen LogP contribution in [-0.4, -0.2) is 19.0 Å². The molecule has 0 spiro atoms. The summed E-state index contributed by atoms with van der Waals surface area (Å²) in [5.74, 6) is 0. The fraction of sp³-hybridized carbons (Fsp3) is 0.286. The molecule has 0 radical (unpaired) electrons. The van der Waals surface area contributed by atoms with E-state index in [4.69, 9.17) is 0 Å². The van der Waals surface area contributed by atoms with Gasteiger partial charge in [0.2, 0.25) is 0 Å². The lowest BCUT2D eigenvalue weighted by Gasteiger charge is -2.20. The lowest BCUT2D eigenvalue weighted by Crippen LogP contribution is -2.11. The summed E-state index contributed by atoms with van der Waals surface area (Å²) in [6, 6.07) is 6.38. The van der Waals surface area contributed by atoms with Gasteiger partial charge in [-0.1, -0.05) is 30.9 Å². The van der Waals surface area contributed by atoms with Gasteiger partial charge in [0, 0.05) is 25.4 Å². The Hall–Kier alpha value is -1.50. The first-order valence-electron chi connectivity index (χ1n) is 5.14. The average molecular weight is 201 g/mol. The van der Waals surface area contributed by atoms with Crippen LogP contribution in [0.15, 0.2) is 36.9 Å². The molecule has 0 atom stereocenters. The van der Waals surface area contributed by atoms with E-state index in [-0.39, 0.29) is 0 Å². The maximum atomic E-state index is 3.76. The van der Waals surface area contributed by atoms with Crippen LogP contribution in [0.3, 0.4) is 0 Å². The minimum Gasteiger partial charge on any atom is -0.377 e. The molecule has 0 amide bonds. The van der Waals surface area contributed by atoms with Crippen LogP contribution in [0.5, 0.6) is 0 Å². The summed E-state index contributed by atoms with van der Waals surface area (Å²) in [5, 5.41) is 0. The number of nitrogens with zero attached hydrogens (tertiary/aromatic N) is 1. The Bertz CT molecular complexity index is 366. The van der Waals surface area contributed by atoms with Crippen LogP contribution in [0.1, 0.15) is 16.7 Å². The summed E-state index contributed by atoms with van der Waals surface area (Å²) in [7, 11) is 4.11. The second-order valence-corrected chi connectivity index (χ2v) is 3.95. The zero-order chi connectivity index (χ0) is 11.4. The molecule has 1 rings (SSSR count). The quantitative estimate of drug-likeness (QED) is 0.677. The molecule has 0 N–H and O–H groups in total. The van der Waals surface area contributed by atoms with Crippen LogP contribution in [0.2, 0.25) is 0 Å². The fourth-order valence-corrected chi connectivity index (χ4v) is 1.79. The van der Waals surface area contributed by atoms with Crippen LogP contribution >= 0.6 is 0 Å². The highest BCUT2D eigenvalue weighted by Gasteiger charge is 2.08. The normalized spacial score (nSPS) is 11.3. The van der Waals surface area contributed by atoms with Crippen LogP contribution in [0.25, 0.3) is 5.70 Å². The molecule has 0 aliphatic carbocycles. The first kappa shape index (κ1) is 11.6. The Kier molecular flexibility index (Phi) is 3.73. The van der Waals surface area contributed by atoms with Gasteiger partial charge in [-0.15, -0.1) is 0 Å². The molecule has 0 saturated heterocycles. The van der Waals surface area contributed by atoms with Crippen LogP contribution in [0, 0.1) is 13.8 Å². The SMILES string of the molecule is C=C/C=C(/c1c(C)cccc1C)N(C)C. The third-order valence-electron chi connectivity index (χ3n) is 2.49. The van der Waals surface area contributed by atoms with Gasteiger partial charge in [-0.3, -0.25) is 0 Å². The molecule has 0 aliphatic heterocycles. The predicted octanol–water partition coefficient (Wildman–Crippen LogP) is 3.39. The van der Waals surface area contributed by atoms with Gasteiger partial charge in [-0.05, 0) is 31.1 Å². The van der Waals surface area contributed by atoms with Crippen molar-refractivity contribution in [1.29, 1.82) is 0 Å². The number of hydrogen-bond donors (Lipinski definition) is 0. The van der Waals surface area contributed by atoms with Crippen LogP contribution < -0.4 is 0 Å². The second-order valence-electron chi connectivity index (χ2n) is 3.95. The van der Waals surface area contributed by atoms with Gasteiger partial charge in [0.25, 0.3) is 0 Å². The van der Waals surface area contributed by atoms with E-state index in [2.05, 4.69) is 63.7 Å². The summed E-state index contributed by atoms with van der Waals surface area (Å²) in [6.45, 7) is 8.05. The monoisotopic (exact) mass is 201 g/mol. The van der Waals surface area contributed by atoms with Crippen LogP contribution in [-0.2, 0) is 0 Å². The first-order valence-corrected chi connectivity index (χ1v) is 5.14. The van der Waals surface area contributed by atoms with E-state index in [0.29, 0.717) is 0 Å². The number of rotatable bonds is 3. The molecule has 80 valence electrons. The van der Waals surface area contributed by atoms with E-state index in [9.17, 15) is 0 Å². The average Bonchev–Trinajstić information content (AvgIpc) is 2.15. The summed E-state index contributed by atoms with van der Waals surface area (Å²) in [6.07, 6.45) is 3.89. The summed E-state index contributed by atoms with van der Waals surface area (Å²) < 4.78 is 0. The Morgan fingerprint density at radius 2 is 1.73 bits per heavy atom. The molecule has 15 heavy (non-hydrogen) atoms. The van der Waals surface area contributed by atoms with Gasteiger partial charge < -0.3 is 4.90 Å². The maximum absolute atomic E-state index is 3.76. The van der Waals surface area contributed by atoms with Gasteiger partial charge in [0.15, 0.2) is 0 Å². The standard InChI is InChI=1S/C14H19N/c1-6-8-13(15(4)5)14-11(2)9-7-10-12(14)3/h6-10H,1H2,2-5H3/b13-8-. The number of aryl methyl sites for hydroxylation is 2. The Morgan fingerprint density at radius 1 is 1.20 bits per heavy atom. The van der Waals surface area contributed by atoms with Gasteiger partial charge in [-0.25, -0.2) is 0 Å². The van der Waals surface area contributed by atoms with Crippen molar-refractivity contribution in [3.63, 3.8) is 0 Å². The summed E-state index contributed by atoms with van der Waals surface area (Å²) in [4.78, 5) is 2.12. The molecule has 1 aromatic rings.